The van der Waals surface area contributed by atoms with Gasteiger partial charge in [0.25, 0.3) is 0 Å². The van der Waals surface area contributed by atoms with Crippen molar-refractivity contribution in [3.05, 3.63) is 0 Å². The molecule has 2 aliphatic rings. The van der Waals surface area contributed by atoms with Gasteiger partial charge in [-0.05, 0) is 52.7 Å². The van der Waals surface area contributed by atoms with Gasteiger partial charge in [0.15, 0.2) is 0 Å². The Kier molecular flexibility index (Phi) is 4.52. The first-order valence-corrected chi connectivity index (χ1v) is 7.38. The van der Waals surface area contributed by atoms with Gasteiger partial charge in [-0.3, -0.25) is 4.79 Å². The number of nitrogens with zero attached hydrogens (tertiary/aromatic N) is 2. The number of amides is 2. The molecule has 1 unspecified atom stereocenters. The molecular formula is C14H25N3O3. The lowest BCUT2D eigenvalue weighted by Crippen LogP contribution is -2.54. The molecule has 2 N–H and O–H groups in total. The van der Waals surface area contributed by atoms with Crippen molar-refractivity contribution in [2.45, 2.75) is 38.6 Å². The SMILES string of the molecule is CN1CCC(NC(=O)N2CCCC(C)(C(=O)O)C2)CC1. The van der Waals surface area contributed by atoms with Crippen molar-refractivity contribution in [3.8, 4) is 0 Å². The minimum absolute atomic E-state index is 0.105. The van der Waals surface area contributed by atoms with Crippen LogP contribution in [-0.2, 0) is 4.79 Å². The number of carboxylic acid groups (broad SMARTS) is 1. The Morgan fingerprint density at radius 1 is 1.25 bits per heavy atom. The van der Waals surface area contributed by atoms with Crippen LogP contribution in [0.15, 0.2) is 0 Å². The topological polar surface area (TPSA) is 72.9 Å². The molecule has 2 saturated heterocycles. The average Bonchev–Trinajstić information content (AvgIpc) is 2.41. The first-order valence-electron chi connectivity index (χ1n) is 7.38. The normalized spacial score (nSPS) is 29.2. The van der Waals surface area contributed by atoms with E-state index in [-0.39, 0.29) is 12.1 Å². The van der Waals surface area contributed by atoms with Crippen LogP contribution in [0.2, 0.25) is 0 Å². The summed E-state index contributed by atoms with van der Waals surface area (Å²) in [7, 11) is 2.08. The minimum atomic E-state index is -0.811. The van der Waals surface area contributed by atoms with E-state index in [1.54, 1.807) is 11.8 Å². The van der Waals surface area contributed by atoms with E-state index in [0.717, 1.165) is 32.4 Å². The Morgan fingerprint density at radius 2 is 1.90 bits per heavy atom. The number of nitrogens with one attached hydrogen (secondary N) is 1. The molecule has 0 bridgehead atoms. The summed E-state index contributed by atoms with van der Waals surface area (Å²) in [6, 6.07) is 0.114. The number of urea groups is 1. The fourth-order valence-corrected chi connectivity index (χ4v) is 3.01. The third kappa shape index (κ3) is 3.42. The highest BCUT2D eigenvalue weighted by atomic mass is 16.4. The van der Waals surface area contributed by atoms with Crippen LogP contribution in [0.4, 0.5) is 4.79 Å². The fraction of sp³-hybridized carbons (Fsp3) is 0.857. The summed E-state index contributed by atoms with van der Waals surface area (Å²) >= 11 is 0. The lowest BCUT2D eigenvalue weighted by molar-refractivity contribution is -0.150. The molecule has 6 heteroatoms. The molecule has 0 aromatic rings. The third-order valence-electron chi connectivity index (χ3n) is 4.55. The summed E-state index contributed by atoms with van der Waals surface area (Å²) in [5.74, 6) is -0.811. The zero-order valence-electron chi connectivity index (χ0n) is 12.4. The molecule has 2 amide bonds. The molecule has 6 nitrogen and oxygen atoms in total. The molecule has 0 aromatic heterocycles. The highest BCUT2D eigenvalue weighted by Gasteiger charge is 2.39. The number of carbonyl (C=O) groups is 2. The van der Waals surface area contributed by atoms with Crippen LogP contribution in [0.25, 0.3) is 0 Å². The predicted octanol–water partition coefficient (Wildman–Crippen LogP) is 0.977. The second-order valence-electron chi connectivity index (χ2n) is 6.42. The van der Waals surface area contributed by atoms with Crippen LogP contribution in [0.1, 0.15) is 32.6 Å². The number of hydrogen-bond donors (Lipinski definition) is 2. The number of likely N-dealkylation sites (tertiary alicyclic amines) is 2. The van der Waals surface area contributed by atoms with E-state index in [1.807, 2.05) is 0 Å². The van der Waals surface area contributed by atoms with Gasteiger partial charge in [-0.1, -0.05) is 0 Å². The Bertz CT molecular complexity index is 380. The molecule has 0 aromatic carbocycles. The summed E-state index contributed by atoms with van der Waals surface area (Å²) < 4.78 is 0. The van der Waals surface area contributed by atoms with E-state index >= 15 is 0 Å². The number of rotatable bonds is 2. The van der Waals surface area contributed by atoms with E-state index in [4.69, 9.17) is 0 Å². The molecular weight excluding hydrogens is 258 g/mol. The van der Waals surface area contributed by atoms with Crippen molar-refractivity contribution >= 4 is 12.0 Å². The number of aliphatic carboxylic acids is 1. The van der Waals surface area contributed by atoms with Gasteiger partial charge in [-0.15, -0.1) is 0 Å². The van der Waals surface area contributed by atoms with Gasteiger partial charge < -0.3 is 20.2 Å². The van der Waals surface area contributed by atoms with E-state index in [9.17, 15) is 14.7 Å². The van der Waals surface area contributed by atoms with E-state index in [2.05, 4.69) is 17.3 Å². The van der Waals surface area contributed by atoms with Gasteiger partial charge in [0.2, 0.25) is 0 Å². The highest BCUT2D eigenvalue weighted by Crippen LogP contribution is 2.29. The molecule has 2 rings (SSSR count). The van der Waals surface area contributed by atoms with Gasteiger partial charge in [0.05, 0.1) is 5.41 Å². The van der Waals surface area contributed by atoms with E-state index in [1.165, 1.54) is 0 Å². The predicted molar refractivity (Wildman–Crippen MR) is 75.6 cm³/mol. The zero-order chi connectivity index (χ0) is 14.8. The lowest BCUT2D eigenvalue weighted by Gasteiger charge is -2.38. The van der Waals surface area contributed by atoms with Crippen molar-refractivity contribution in [2.24, 2.45) is 5.41 Å². The van der Waals surface area contributed by atoms with Gasteiger partial charge in [-0.2, -0.15) is 0 Å². The summed E-state index contributed by atoms with van der Waals surface area (Å²) in [4.78, 5) is 27.5. The highest BCUT2D eigenvalue weighted by molar-refractivity contribution is 5.78. The summed E-state index contributed by atoms with van der Waals surface area (Å²) in [5, 5.41) is 12.3. The molecule has 114 valence electrons. The Labute approximate surface area is 120 Å². The van der Waals surface area contributed by atoms with Gasteiger partial charge in [0, 0.05) is 19.1 Å². The van der Waals surface area contributed by atoms with E-state index < -0.39 is 11.4 Å². The van der Waals surface area contributed by atoms with Crippen molar-refractivity contribution in [3.63, 3.8) is 0 Å². The molecule has 1 atom stereocenters. The van der Waals surface area contributed by atoms with Crippen molar-refractivity contribution in [2.75, 3.05) is 33.2 Å². The maximum Gasteiger partial charge on any atom is 0.317 e. The van der Waals surface area contributed by atoms with Crippen LogP contribution >= 0.6 is 0 Å². The standard InChI is InChI=1S/C14H25N3O3/c1-14(12(18)19)6-3-7-17(10-14)13(20)15-11-4-8-16(2)9-5-11/h11H,3-10H2,1-2H3,(H,15,20)(H,18,19). The molecule has 0 spiro atoms. The molecule has 0 radical (unpaired) electrons. The first kappa shape index (κ1) is 15.1. The zero-order valence-corrected chi connectivity index (χ0v) is 12.4. The molecule has 0 aliphatic carbocycles. The molecule has 2 aliphatic heterocycles. The molecule has 20 heavy (non-hydrogen) atoms. The van der Waals surface area contributed by atoms with Crippen molar-refractivity contribution in [1.82, 2.24) is 15.1 Å². The second kappa shape index (κ2) is 5.99. The maximum atomic E-state index is 12.3. The van der Waals surface area contributed by atoms with Crippen LogP contribution in [-0.4, -0.2) is 66.2 Å². The van der Waals surface area contributed by atoms with Crippen molar-refractivity contribution in [1.29, 1.82) is 0 Å². The van der Waals surface area contributed by atoms with Crippen LogP contribution < -0.4 is 5.32 Å². The summed E-state index contributed by atoms with van der Waals surface area (Å²) in [6.45, 7) is 4.68. The Balaban J connectivity index is 1.87. The Morgan fingerprint density at radius 3 is 2.50 bits per heavy atom. The lowest BCUT2D eigenvalue weighted by atomic mass is 9.82. The molecule has 0 saturated carbocycles. The smallest absolute Gasteiger partial charge is 0.317 e. The van der Waals surface area contributed by atoms with E-state index in [0.29, 0.717) is 19.5 Å². The summed E-state index contributed by atoms with van der Waals surface area (Å²) in [6.07, 6.45) is 3.32. The molecule has 2 fully saturated rings. The van der Waals surface area contributed by atoms with Gasteiger partial charge in [0.1, 0.15) is 0 Å². The largest absolute Gasteiger partial charge is 0.481 e. The monoisotopic (exact) mass is 283 g/mol. The second-order valence-corrected chi connectivity index (χ2v) is 6.42. The number of carboxylic acids is 1. The maximum absolute atomic E-state index is 12.3. The average molecular weight is 283 g/mol. The van der Waals surface area contributed by atoms with Gasteiger partial charge in [-0.25, -0.2) is 4.79 Å². The van der Waals surface area contributed by atoms with Crippen LogP contribution in [0.3, 0.4) is 0 Å². The first-order chi connectivity index (χ1) is 9.40. The number of hydrogen-bond acceptors (Lipinski definition) is 3. The fourth-order valence-electron chi connectivity index (χ4n) is 3.01. The van der Waals surface area contributed by atoms with Crippen LogP contribution in [0, 0.1) is 5.41 Å². The summed E-state index contributed by atoms with van der Waals surface area (Å²) in [5.41, 5.74) is -0.803. The van der Waals surface area contributed by atoms with Crippen LogP contribution in [0.5, 0.6) is 0 Å². The third-order valence-corrected chi connectivity index (χ3v) is 4.55. The number of carbonyl (C=O) groups excluding carboxylic acids is 1. The number of piperidine rings is 2. The quantitative estimate of drug-likeness (QED) is 0.792. The van der Waals surface area contributed by atoms with Gasteiger partial charge >= 0.3 is 12.0 Å². The Hall–Kier alpha value is -1.30. The molecule has 2 heterocycles. The van der Waals surface area contributed by atoms with Crippen molar-refractivity contribution < 1.29 is 14.7 Å². The minimum Gasteiger partial charge on any atom is -0.481 e.